The molecule has 38 heavy (non-hydrogen) atoms. The van der Waals surface area contributed by atoms with Crippen molar-refractivity contribution in [3.8, 4) is 6.07 Å². The summed E-state index contributed by atoms with van der Waals surface area (Å²) in [6, 6.07) is 8.19. The zero-order valence-corrected chi connectivity index (χ0v) is 21.9. The standard InChI is InChI=1S/C27H29Cl2F2N3O4/c28-15-6-7-19(21(30)10-15)27(13-32)22(17-2-1-3-20(29)23(17)31)24(26(38)33-9-8-16(37)11-35)34-25(27)18(12-36)14-4-5-14/h1-3,6-7,10,14,16,18,22,24-25,34-37H,4-5,8-9,11-12H2,(H,33,38)/t16-,18?,22-,24+,25-,27+/m0/s1. The fourth-order valence-electron chi connectivity index (χ4n) is 5.72. The van der Waals surface area contributed by atoms with E-state index >= 15 is 8.78 Å². The van der Waals surface area contributed by atoms with Crippen LogP contribution in [0.1, 0.15) is 36.3 Å². The number of benzene rings is 2. The molecule has 1 aliphatic carbocycles. The molecule has 1 saturated heterocycles. The van der Waals surface area contributed by atoms with E-state index in [9.17, 15) is 20.3 Å². The molecule has 1 heterocycles. The van der Waals surface area contributed by atoms with Crippen molar-refractivity contribution in [2.24, 2.45) is 11.8 Å². The third kappa shape index (κ3) is 5.26. The number of amides is 1. The molecule has 0 spiro atoms. The maximum Gasteiger partial charge on any atom is 0.237 e. The number of aliphatic hydroxyl groups excluding tert-OH is 3. The van der Waals surface area contributed by atoms with Crippen LogP contribution in [0.4, 0.5) is 8.78 Å². The third-order valence-corrected chi connectivity index (χ3v) is 8.22. The van der Waals surface area contributed by atoms with Crippen LogP contribution in [0.15, 0.2) is 36.4 Å². The van der Waals surface area contributed by atoms with Crippen LogP contribution in [0.3, 0.4) is 0 Å². The molecule has 2 fully saturated rings. The van der Waals surface area contributed by atoms with E-state index in [1.807, 2.05) is 0 Å². The molecule has 1 aliphatic heterocycles. The third-order valence-electron chi connectivity index (χ3n) is 7.69. The molecule has 1 amide bonds. The van der Waals surface area contributed by atoms with E-state index in [0.717, 1.165) is 18.9 Å². The van der Waals surface area contributed by atoms with E-state index in [1.54, 1.807) is 0 Å². The van der Waals surface area contributed by atoms with Crippen molar-refractivity contribution in [2.75, 3.05) is 19.8 Å². The van der Waals surface area contributed by atoms with Crippen LogP contribution in [0, 0.1) is 34.8 Å². The van der Waals surface area contributed by atoms with Gasteiger partial charge in [-0.3, -0.25) is 4.79 Å². The van der Waals surface area contributed by atoms with Crippen LogP contribution in [-0.4, -0.2) is 59.2 Å². The summed E-state index contributed by atoms with van der Waals surface area (Å²) in [4.78, 5) is 13.6. The molecule has 4 rings (SSSR count). The first kappa shape index (κ1) is 28.7. The van der Waals surface area contributed by atoms with E-state index in [0.29, 0.717) is 0 Å². The lowest BCUT2D eigenvalue weighted by Gasteiger charge is -2.38. The summed E-state index contributed by atoms with van der Waals surface area (Å²) in [7, 11) is 0. The molecule has 5 N–H and O–H groups in total. The predicted octanol–water partition coefficient (Wildman–Crippen LogP) is 3.04. The first-order valence-corrected chi connectivity index (χ1v) is 13.2. The van der Waals surface area contributed by atoms with Gasteiger partial charge in [-0.2, -0.15) is 5.26 Å². The normalized spacial score (nSPS) is 26.5. The fraction of sp³-hybridized carbons (Fsp3) is 0.481. The minimum Gasteiger partial charge on any atom is -0.396 e. The molecular weight excluding hydrogens is 539 g/mol. The molecule has 2 aromatic rings. The molecule has 1 saturated carbocycles. The van der Waals surface area contributed by atoms with Gasteiger partial charge < -0.3 is 26.0 Å². The van der Waals surface area contributed by atoms with Gasteiger partial charge in [-0.15, -0.1) is 0 Å². The summed E-state index contributed by atoms with van der Waals surface area (Å²) in [6.45, 7) is -0.819. The Labute approximate surface area is 229 Å². The number of rotatable bonds is 10. The Morgan fingerprint density at radius 1 is 1.21 bits per heavy atom. The highest BCUT2D eigenvalue weighted by atomic mass is 35.5. The van der Waals surface area contributed by atoms with Gasteiger partial charge >= 0.3 is 0 Å². The predicted molar refractivity (Wildman–Crippen MR) is 138 cm³/mol. The summed E-state index contributed by atoms with van der Waals surface area (Å²) >= 11 is 12.1. The summed E-state index contributed by atoms with van der Waals surface area (Å²) in [6.07, 6.45) is 0.599. The molecule has 1 unspecified atom stereocenters. The maximum atomic E-state index is 15.6. The van der Waals surface area contributed by atoms with Crippen molar-refractivity contribution in [1.29, 1.82) is 5.26 Å². The van der Waals surface area contributed by atoms with Crippen LogP contribution < -0.4 is 10.6 Å². The minimum atomic E-state index is -1.83. The van der Waals surface area contributed by atoms with Gasteiger partial charge in [-0.25, -0.2) is 8.78 Å². The summed E-state index contributed by atoms with van der Waals surface area (Å²) in [5.74, 6) is -3.98. The average Bonchev–Trinajstić information content (AvgIpc) is 3.67. The van der Waals surface area contributed by atoms with E-state index in [4.69, 9.17) is 28.3 Å². The van der Waals surface area contributed by atoms with Gasteiger partial charge in [0.2, 0.25) is 5.91 Å². The number of nitriles is 1. The van der Waals surface area contributed by atoms with Crippen molar-refractivity contribution in [1.82, 2.24) is 10.6 Å². The molecule has 7 nitrogen and oxygen atoms in total. The van der Waals surface area contributed by atoms with Crippen molar-refractivity contribution >= 4 is 29.1 Å². The van der Waals surface area contributed by atoms with E-state index in [1.165, 1.54) is 30.3 Å². The lowest BCUT2D eigenvalue weighted by atomic mass is 9.62. The smallest absolute Gasteiger partial charge is 0.237 e. The largest absolute Gasteiger partial charge is 0.396 e. The fourth-order valence-corrected chi connectivity index (χ4v) is 6.07. The summed E-state index contributed by atoms with van der Waals surface area (Å²) in [5.41, 5.74) is -1.95. The van der Waals surface area contributed by atoms with Crippen molar-refractivity contribution in [3.63, 3.8) is 0 Å². The van der Waals surface area contributed by atoms with Gasteiger partial charge in [-0.05, 0) is 48.9 Å². The number of nitrogens with one attached hydrogen (secondary N) is 2. The number of hydrogen-bond donors (Lipinski definition) is 5. The van der Waals surface area contributed by atoms with Crippen LogP contribution in [0.25, 0.3) is 0 Å². The van der Waals surface area contributed by atoms with Gasteiger partial charge in [0, 0.05) is 41.6 Å². The van der Waals surface area contributed by atoms with Crippen molar-refractivity contribution in [3.05, 3.63) is 69.2 Å². The Morgan fingerprint density at radius 2 is 1.95 bits per heavy atom. The Hall–Kier alpha value is -2.32. The van der Waals surface area contributed by atoms with Crippen LogP contribution in [0.2, 0.25) is 10.0 Å². The highest BCUT2D eigenvalue weighted by molar-refractivity contribution is 6.31. The average molecular weight is 568 g/mol. The van der Waals surface area contributed by atoms with Gasteiger partial charge in [0.1, 0.15) is 17.0 Å². The minimum absolute atomic E-state index is 0.00489. The van der Waals surface area contributed by atoms with E-state index in [-0.39, 0.29) is 46.7 Å². The van der Waals surface area contributed by atoms with Gasteiger partial charge in [0.15, 0.2) is 0 Å². The highest BCUT2D eigenvalue weighted by Crippen LogP contribution is 2.55. The number of carbonyl (C=O) groups is 1. The second-order valence-electron chi connectivity index (χ2n) is 9.95. The molecule has 2 aliphatic rings. The van der Waals surface area contributed by atoms with Crippen LogP contribution >= 0.6 is 23.2 Å². The zero-order chi connectivity index (χ0) is 27.6. The molecule has 0 aromatic heterocycles. The van der Waals surface area contributed by atoms with Crippen LogP contribution in [0.5, 0.6) is 0 Å². The van der Waals surface area contributed by atoms with Crippen molar-refractivity contribution in [2.45, 2.75) is 48.8 Å². The van der Waals surface area contributed by atoms with E-state index < -0.39 is 59.6 Å². The molecule has 0 radical (unpaired) electrons. The first-order chi connectivity index (χ1) is 18.2. The number of hydrogen-bond acceptors (Lipinski definition) is 6. The van der Waals surface area contributed by atoms with Crippen molar-refractivity contribution < 1.29 is 28.9 Å². The monoisotopic (exact) mass is 567 g/mol. The lowest BCUT2D eigenvalue weighted by Crippen LogP contribution is -2.50. The Kier molecular flexibility index (Phi) is 8.92. The Morgan fingerprint density at radius 3 is 2.55 bits per heavy atom. The lowest BCUT2D eigenvalue weighted by molar-refractivity contribution is -0.123. The Bertz CT molecular complexity index is 1230. The molecule has 11 heteroatoms. The first-order valence-electron chi connectivity index (χ1n) is 12.4. The van der Waals surface area contributed by atoms with Gasteiger partial charge in [0.25, 0.3) is 0 Å². The van der Waals surface area contributed by atoms with E-state index in [2.05, 4.69) is 16.7 Å². The Balaban J connectivity index is 1.91. The second kappa shape index (κ2) is 11.8. The SMILES string of the molecule is N#C[C@]1(c2ccc(Cl)cc2F)[C@H](C(CO)C2CC2)N[C@@H](C(=O)NCC[C@H](O)CO)[C@@H]1c1cccc(Cl)c1F. The highest BCUT2D eigenvalue weighted by Gasteiger charge is 2.63. The molecule has 2 aromatic carbocycles. The number of carbonyl (C=O) groups excluding carboxylic acids is 1. The quantitative estimate of drug-likeness (QED) is 0.300. The second-order valence-corrected chi connectivity index (χ2v) is 10.8. The number of aliphatic hydroxyl groups is 3. The number of nitrogens with zero attached hydrogens (tertiary/aromatic N) is 1. The molecule has 204 valence electrons. The topological polar surface area (TPSA) is 126 Å². The number of halogens is 4. The zero-order valence-electron chi connectivity index (χ0n) is 20.4. The summed E-state index contributed by atoms with van der Waals surface area (Å²) in [5, 5.41) is 45.7. The maximum absolute atomic E-state index is 15.6. The van der Waals surface area contributed by atoms with Crippen LogP contribution in [-0.2, 0) is 10.2 Å². The molecule has 6 atom stereocenters. The van der Waals surface area contributed by atoms with Gasteiger partial charge in [-0.1, -0.05) is 41.4 Å². The molecule has 0 bridgehead atoms. The van der Waals surface area contributed by atoms with Gasteiger partial charge in [0.05, 0.1) is 29.8 Å². The molecular formula is C27H29Cl2F2N3O4. The summed E-state index contributed by atoms with van der Waals surface area (Å²) < 4.78 is 31.2.